The number of aromatic nitrogens is 1. The van der Waals surface area contributed by atoms with E-state index in [0.717, 1.165) is 10.3 Å². The second-order valence-corrected chi connectivity index (χ2v) is 8.47. The maximum absolute atomic E-state index is 13.1. The number of anilines is 1. The molecule has 2 aromatic carbocycles. The van der Waals surface area contributed by atoms with E-state index in [-0.39, 0.29) is 18.1 Å². The molecule has 0 radical (unpaired) electrons. The number of benzene rings is 2. The molecule has 162 valence electrons. The van der Waals surface area contributed by atoms with Crippen molar-refractivity contribution in [3.05, 3.63) is 86.8 Å². The van der Waals surface area contributed by atoms with E-state index in [9.17, 15) is 9.59 Å². The van der Waals surface area contributed by atoms with Gasteiger partial charge in [0.25, 0.3) is 5.56 Å². The number of urea groups is 1. The Hall–Kier alpha value is -3.78. The lowest BCUT2D eigenvalue weighted by atomic mass is 10.1. The van der Waals surface area contributed by atoms with E-state index in [1.54, 1.807) is 22.3 Å². The number of rotatable bonds is 5. The van der Waals surface area contributed by atoms with Crippen LogP contribution in [0.15, 0.2) is 70.8 Å². The summed E-state index contributed by atoms with van der Waals surface area (Å²) in [5, 5.41) is 5.71. The van der Waals surface area contributed by atoms with Crippen LogP contribution in [0, 0.1) is 0 Å². The SMILES string of the molecule is O=C(Nc1ccccc1)N(Cc1cccs1)Cc1cc2cc3c(cc2[nH]c1=O)OCCO3. The zero-order valence-corrected chi connectivity index (χ0v) is 18.0. The minimum absolute atomic E-state index is 0.163. The lowest BCUT2D eigenvalue weighted by Gasteiger charge is -2.23. The number of H-pyrrole nitrogens is 1. The van der Waals surface area contributed by atoms with Gasteiger partial charge < -0.3 is 24.7 Å². The molecule has 8 heteroatoms. The minimum atomic E-state index is -0.272. The molecule has 0 saturated heterocycles. The van der Waals surface area contributed by atoms with E-state index in [4.69, 9.17) is 9.47 Å². The highest BCUT2D eigenvalue weighted by Gasteiger charge is 2.19. The molecule has 32 heavy (non-hydrogen) atoms. The third-order valence-electron chi connectivity index (χ3n) is 5.18. The number of para-hydroxylation sites is 1. The molecule has 7 nitrogen and oxygen atoms in total. The van der Waals surface area contributed by atoms with Crippen molar-refractivity contribution in [2.75, 3.05) is 18.5 Å². The van der Waals surface area contributed by atoms with Gasteiger partial charge in [0, 0.05) is 27.6 Å². The van der Waals surface area contributed by atoms with Crippen LogP contribution in [0.3, 0.4) is 0 Å². The molecule has 0 bridgehead atoms. The molecule has 2 amide bonds. The van der Waals surface area contributed by atoms with Gasteiger partial charge in [0.05, 0.1) is 18.6 Å². The Morgan fingerprint density at radius 1 is 1.00 bits per heavy atom. The van der Waals surface area contributed by atoms with Gasteiger partial charge in [-0.05, 0) is 35.7 Å². The molecular weight excluding hydrogens is 426 g/mol. The Morgan fingerprint density at radius 3 is 2.53 bits per heavy atom. The number of ether oxygens (including phenoxy) is 2. The average Bonchev–Trinajstić information content (AvgIpc) is 3.32. The summed E-state index contributed by atoms with van der Waals surface area (Å²) in [4.78, 5) is 31.5. The van der Waals surface area contributed by atoms with Crippen LogP contribution in [0.2, 0.25) is 0 Å². The smallest absolute Gasteiger partial charge is 0.322 e. The van der Waals surface area contributed by atoms with E-state index in [1.807, 2.05) is 60.0 Å². The second kappa shape index (κ2) is 8.76. The largest absolute Gasteiger partial charge is 0.486 e. The number of amides is 2. The first-order chi connectivity index (χ1) is 15.7. The van der Waals surface area contributed by atoms with Crippen molar-refractivity contribution in [1.29, 1.82) is 0 Å². The molecule has 2 N–H and O–H groups in total. The summed E-state index contributed by atoms with van der Waals surface area (Å²) in [6.07, 6.45) is 0. The first-order valence-electron chi connectivity index (χ1n) is 10.2. The van der Waals surface area contributed by atoms with E-state index in [1.165, 1.54) is 0 Å². The zero-order chi connectivity index (χ0) is 21.9. The van der Waals surface area contributed by atoms with Crippen molar-refractivity contribution in [2.45, 2.75) is 13.1 Å². The lowest BCUT2D eigenvalue weighted by Crippen LogP contribution is -2.35. The molecule has 4 aromatic rings. The summed E-state index contributed by atoms with van der Waals surface area (Å²) in [6.45, 7) is 1.53. The fourth-order valence-electron chi connectivity index (χ4n) is 3.63. The quantitative estimate of drug-likeness (QED) is 0.469. The van der Waals surface area contributed by atoms with Crippen molar-refractivity contribution in [1.82, 2.24) is 9.88 Å². The first-order valence-corrected chi connectivity index (χ1v) is 11.1. The van der Waals surface area contributed by atoms with Crippen molar-refractivity contribution in [3.8, 4) is 11.5 Å². The van der Waals surface area contributed by atoms with Gasteiger partial charge in [0.1, 0.15) is 13.2 Å². The van der Waals surface area contributed by atoms with Crippen LogP contribution < -0.4 is 20.3 Å². The molecule has 0 fully saturated rings. The number of fused-ring (bicyclic) bond motifs is 2. The number of pyridine rings is 1. The van der Waals surface area contributed by atoms with Crippen LogP contribution in [0.25, 0.3) is 10.9 Å². The number of carbonyl (C=O) groups is 1. The van der Waals surface area contributed by atoms with E-state index < -0.39 is 0 Å². The number of aromatic amines is 1. The van der Waals surface area contributed by atoms with Crippen molar-refractivity contribution in [2.24, 2.45) is 0 Å². The van der Waals surface area contributed by atoms with Crippen LogP contribution in [0.4, 0.5) is 10.5 Å². The molecule has 0 aliphatic carbocycles. The third-order valence-corrected chi connectivity index (χ3v) is 6.05. The first kappa shape index (κ1) is 20.1. The summed E-state index contributed by atoms with van der Waals surface area (Å²) >= 11 is 1.57. The van der Waals surface area contributed by atoms with Crippen LogP contribution in [0.5, 0.6) is 11.5 Å². The Balaban J connectivity index is 1.45. The Labute approximate surface area is 188 Å². The van der Waals surface area contributed by atoms with Gasteiger partial charge in [0.15, 0.2) is 11.5 Å². The highest BCUT2D eigenvalue weighted by Crippen LogP contribution is 2.33. The van der Waals surface area contributed by atoms with Gasteiger partial charge in [-0.1, -0.05) is 24.3 Å². The van der Waals surface area contributed by atoms with Crippen LogP contribution in [-0.4, -0.2) is 29.1 Å². The van der Waals surface area contributed by atoms with Gasteiger partial charge in [-0.15, -0.1) is 11.3 Å². The predicted molar refractivity (Wildman–Crippen MR) is 125 cm³/mol. The minimum Gasteiger partial charge on any atom is -0.486 e. The Morgan fingerprint density at radius 2 is 1.78 bits per heavy atom. The van der Waals surface area contributed by atoms with Gasteiger partial charge >= 0.3 is 6.03 Å². The van der Waals surface area contributed by atoms with Crippen LogP contribution in [-0.2, 0) is 13.1 Å². The van der Waals surface area contributed by atoms with Crippen molar-refractivity contribution >= 4 is 34.0 Å². The summed E-state index contributed by atoms with van der Waals surface area (Å²) in [5.74, 6) is 1.27. The van der Waals surface area contributed by atoms with Crippen LogP contribution >= 0.6 is 11.3 Å². The van der Waals surface area contributed by atoms with Gasteiger partial charge in [-0.2, -0.15) is 0 Å². The third kappa shape index (κ3) is 4.31. The topological polar surface area (TPSA) is 83.7 Å². The highest BCUT2D eigenvalue weighted by molar-refractivity contribution is 7.09. The molecule has 0 unspecified atom stereocenters. The summed E-state index contributed by atoms with van der Waals surface area (Å²) in [6, 6.07) is 18.4. The van der Waals surface area contributed by atoms with E-state index >= 15 is 0 Å². The highest BCUT2D eigenvalue weighted by atomic mass is 32.1. The van der Waals surface area contributed by atoms with Crippen LogP contribution in [0.1, 0.15) is 10.4 Å². The second-order valence-electron chi connectivity index (χ2n) is 7.44. The number of thiophene rings is 1. The van der Waals surface area contributed by atoms with Crippen molar-refractivity contribution in [3.63, 3.8) is 0 Å². The average molecular weight is 448 g/mol. The van der Waals surface area contributed by atoms with Gasteiger partial charge in [0.2, 0.25) is 0 Å². The monoisotopic (exact) mass is 447 g/mol. The Bertz CT molecular complexity index is 1300. The van der Waals surface area contributed by atoms with Crippen molar-refractivity contribution < 1.29 is 14.3 Å². The standard InChI is InChI=1S/C24H21N3O4S/c28-23-17(11-16-12-21-22(13-20(16)26-23)31-9-8-30-21)14-27(15-19-7-4-10-32-19)24(29)25-18-5-2-1-3-6-18/h1-7,10-13H,8-9,14-15H2,(H,25,29)(H,26,28). The maximum Gasteiger partial charge on any atom is 0.322 e. The maximum atomic E-state index is 13.1. The molecule has 5 rings (SSSR count). The number of nitrogens with one attached hydrogen (secondary N) is 2. The predicted octanol–water partition coefficient (Wildman–Crippen LogP) is 4.60. The molecule has 2 aromatic heterocycles. The van der Waals surface area contributed by atoms with Gasteiger partial charge in [-0.3, -0.25) is 4.79 Å². The number of carbonyl (C=O) groups excluding carboxylic acids is 1. The number of hydrogen-bond acceptors (Lipinski definition) is 5. The van der Waals surface area contributed by atoms with E-state index in [0.29, 0.717) is 48.0 Å². The molecule has 1 aliphatic heterocycles. The molecule has 0 saturated carbocycles. The summed E-state index contributed by atoms with van der Waals surface area (Å²) in [5.41, 5.74) is 1.62. The summed E-state index contributed by atoms with van der Waals surface area (Å²) in [7, 11) is 0. The zero-order valence-electron chi connectivity index (χ0n) is 17.2. The lowest BCUT2D eigenvalue weighted by molar-refractivity contribution is 0.172. The fourth-order valence-corrected chi connectivity index (χ4v) is 4.34. The summed E-state index contributed by atoms with van der Waals surface area (Å²) < 4.78 is 11.3. The fraction of sp³-hybridized carbons (Fsp3) is 0.167. The molecule has 0 atom stereocenters. The molecule has 3 heterocycles. The molecular formula is C24H21N3O4S. The van der Waals surface area contributed by atoms with E-state index in [2.05, 4.69) is 10.3 Å². The Kier molecular flexibility index (Phi) is 5.51. The normalized spacial score (nSPS) is 12.5. The number of hydrogen-bond donors (Lipinski definition) is 2. The number of nitrogens with zero attached hydrogens (tertiary/aromatic N) is 1. The van der Waals surface area contributed by atoms with Gasteiger partial charge in [-0.25, -0.2) is 4.79 Å². The molecule has 1 aliphatic rings. The molecule has 0 spiro atoms.